The van der Waals surface area contributed by atoms with Crippen LogP contribution in [0.1, 0.15) is 10.6 Å². The highest BCUT2D eigenvalue weighted by atomic mass is 32.1. The Labute approximate surface area is 104 Å². The maximum Gasteiger partial charge on any atom is 0.137 e. The van der Waals surface area contributed by atoms with E-state index in [0.29, 0.717) is 0 Å². The van der Waals surface area contributed by atoms with Crippen LogP contribution in [-0.4, -0.2) is 9.38 Å². The smallest absolute Gasteiger partial charge is 0.137 e. The van der Waals surface area contributed by atoms with E-state index < -0.39 is 0 Å². The molecular weight excluding hydrogens is 230 g/mol. The average molecular weight is 243 g/mol. The van der Waals surface area contributed by atoms with Gasteiger partial charge < -0.3 is 5.73 Å². The number of aromatic nitrogens is 2. The van der Waals surface area contributed by atoms with Gasteiger partial charge in [-0.3, -0.25) is 4.40 Å². The van der Waals surface area contributed by atoms with Gasteiger partial charge in [0.2, 0.25) is 0 Å². The van der Waals surface area contributed by atoms with Crippen molar-refractivity contribution in [1.82, 2.24) is 9.38 Å². The fraction of sp³-hybridized carbons (Fsp3) is 0.154. The van der Waals surface area contributed by atoms with E-state index in [1.54, 1.807) is 11.3 Å². The Kier molecular flexibility index (Phi) is 2.19. The normalized spacial score (nSPS) is 11.2. The van der Waals surface area contributed by atoms with Gasteiger partial charge in [0, 0.05) is 16.1 Å². The first-order chi connectivity index (χ1) is 8.16. The highest BCUT2D eigenvalue weighted by molar-refractivity contribution is 7.16. The van der Waals surface area contributed by atoms with E-state index in [-0.39, 0.29) is 0 Å². The van der Waals surface area contributed by atoms with Gasteiger partial charge in [0.1, 0.15) is 5.65 Å². The number of nitrogen functional groups attached to an aromatic ring is 1. The minimum atomic E-state index is 0.848. The molecule has 17 heavy (non-hydrogen) atoms. The minimum Gasteiger partial charge on any atom is -0.391 e. The van der Waals surface area contributed by atoms with E-state index in [1.807, 2.05) is 24.4 Å². The molecule has 0 amide bonds. The number of imidazole rings is 1. The van der Waals surface area contributed by atoms with Crippen LogP contribution in [0.5, 0.6) is 0 Å². The Hall–Kier alpha value is -1.81. The number of fused-ring (bicyclic) bond motifs is 1. The molecule has 3 rings (SSSR count). The summed E-state index contributed by atoms with van der Waals surface area (Å²) in [6.45, 7) is 4.18. The van der Waals surface area contributed by atoms with Crippen molar-refractivity contribution in [3.63, 3.8) is 0 Å². The van der Waals surface area contributed by atoms with E-state index in [4.69, 9.17) is 5.73 Å². The summed E-state index contributed by atoms with van der Waals surface area (Å²) in [5.41, 5.74) is 10.3. The maximum atomic E-state index is 5.86. The molecule has 0 aliphatic rings. The molecule has 3 nitrogen and oxygen atoms in total. The van der Waals surface area contributed by atoms with Crippen LogP contribution in [0.3, 0.4) is 0 Å². The number of aryl methyl sites for hydroxylation is 2. The number of pyridine rings is 1. The Balaban J connectivity index is 2.35. The van der Waals surface area contributed by atoms with E-state index in [9.17, 15) is 0 Å². The molecule has 4 heteroatoms. The summed E-state index contributed by atoms with van der Waals surface area (Å²) in [5, 5.41) is 0.848. The summed E-state index contributed by atoms with van der Waals surface area (Å²) in [7, 11) is 0. The van der Waals surface area contributed by atoms with Crippen LogP contribution in [0.25, 0.3) is 16.9 Å². The third kappa shape index (κ3) is 1.52. The monoisotopic (exact) mass is 243 g/mol. The van der Waals surface area contributed by atoms with Gasteiger partial charge in [0.25, 0.3) is 0 Å². The minimum absolute atomic E-state index is 0.848. The second kappa shape index (κ2) is 3.60. The fourth-order valence-corrected chi connectivity index (χ4v) is 2.96. The molecule has 0 atom stereocenters. The quantitative estimate of drug-likeness (QED) is 0.713. The zero-order valence-electron chi connectivity index (χ0n) is 9.77. The summed E-state index contributed by atoms with van der Waals surface area (Å²) >= 11 is 1.62. The summed E-state index contributed by atoms with van der Waals surface area (Å²) in [6.07, 6.45) is 1.91. The van der Waals surface area contributed by atoms with Gasteiger partial charge in [0.05, 0.1) is 16.9 Å². The van der Waals surface area contributed by atoms with Crippen molar-refractivity contribution in [2.24, 2.45) is 0 Å². The van der Waals surface area contributed by atoms with Crippen LogP contribution in [0, 0.1) is 13.8 Å². The number of rotatable bonds is 1. The van der Waals surface area contributed by atoms with Gasteiger partial charge in [-0.05, 0) is 32.0 Å². The van der Waals surface area contributed by atoms with Crippen LogP contribution in [0.2, 0.25) is 0 Å². The van der Waals surface area contributed by atoms with Crippen LogP contribution in [0.4, 0.5) is 5.00 Å². The highest BCUT2D eigenvalue weighted by Crippen LogP contribution is 2.33. The molecule has 3 heterocycles. The molecule has 0 bridgehead atoms. The van der Waals surface area contributed by atoms with Gasteiger partial charge in [-0.2, -0.15) is 0 Å². The standard InChI is InChI=1S/C13H13N3S/c1-8-4-3-5-13-15-7-11(16(8)13)10-6-12(14)17-9(10)2/h3-7H,14H2,1-2H3. The first-order valence-corrected chi connectivity index (χ1v) is 6.28. The first-order valence-electron chi connectivity index (χ1n) is 5.46. The van der Waals surface area contributed by atoms with Crippen molar-refractivity contribution in [3.8, 4) is 11.3 Å². The second-order valence-electron chi connectivity index (χ2n) is 4.12. The zero-order valence-corrected chi connectivity index (χ0v) is 10.6. The molecule has 0 aromatic carbocycles. The molecule has 0 aliphatic carbocycles. The Morgan fingerprint density at radius 2 is 2.12 bits per heavy atom. The van der Waals surface area contributed by atoms with Crippen molar-refractivity contribution in [2.75, 3.05) is 5.73 Å². The fourth-order valence-electron chi connectivity index (χ4n) is 2.15. The molecule has 86 valence electrons. The molecule has 0 saturated carbocycles. The Morgan fingerprint density at radius 3 is 2.82 bits per heavy atom. The lowest BCUT2D eigenvalue weighted by Gasteiger charge is -2.04. The molecule has 0 saturated heterocycles. The maximum absolute atomic E-state index is 5.86. The molecule has 3 aromatic rings. The lowest BCUT2D eigenvalue weighted by Crippen LogP contribution is -1.92. The number of nitrogens with two attached hydrogens (primary N) is 1. The lowest BCUT2D eigenvalue weighted by atomic mass is 10.2. The molecular formula is C13H13N3S. The van der Waals surface area contributed by atoms with Gasteiger partial charge >= 0.3 is 0 Å². The lowest BCUT2D eigenvalue weighted by molar-refractivity contribution is 1.10. The largest absolute Gasteiger partial charge is 0.391 e. The zero-order chi connectivity index (χ0) is 12.0. The Bertz CT molecular complexity index is 694. The van der Waals surface area contributed by atoms with Crippen LogP contribution in [-0.2, 0) is 0 Å². The molecule has 0 spiro atoms. The van der Waals surface area contributed by atoms with Crippen LogP contribution in [0.15, 0.2) is 30.5 Å². The molecule has 0 fully saturated rings. The van der Waals surface area contributed by atoms with Gasteiger partial charge in [-0.15, -0.1) is 11.3 Å². The Morgan fingerprint density at radius 1 is 1.29 bits per heavy atom. The van der Waals surface area contributed by atoms with Crippen molar-refractivity contribution in [1.29, 1.82) is 0 Å². The molecule has 2 N–H and O–H groups in total. The van der Waals surface area contributed by atoms with Gasteiger partial charge in [0.15, 0.2) is 0 Å². The van der Waals surface area contributed by atoms with Crippen LogP contribution >= 0.6 is 11.3 Å². The first kappa shape index (κ1) is 10.4. The van der Waals surface area contributed by atoms with E-state index in [1.165, 1.54) is 16.1 Å². The number of hydrogen-bond acceptors (Lipinski definition) is 3. The van der Waals surface area contributed by atoms with Crippen molar-refractivity contribution < 1.29 is 0 Å². The predicted molar refractivity (Wildman–Crippen MR) is 72.4 cm³/mol. The predicted octanol–water partition coefficient (Wildman–Crippen LogP) is 3.26. The van der Waals surface area contributed by atoms with E-state index in [0.717, 1.165) is 16.3 Å². The summed E-state index contributed by atoms with van der Waals surface area (Å²) in [4.78, 5) is 5.66. The van der Waals surface area contributed by atoms with Gasteiger partial charge in [-0.25, -0.2) is 4.98 Å². The molecule has 0 unspecified atom stereocenters. The average Bonchev–Trinajstić information content (AvgIpc) is 2.83. The van der Waals surface area contributed by atoms with Crippen molar-refractivity contribution in [2.45, 2.75) is 13.8 Å². The molecule has 0 aliphatic heterocycles. The second-order valence-corrected chi connectivity index (χ2v) is 5.41. The number of nitrogens with zero attached hydrogens (tertiary/aromatic N) is 2. The van der Waals surface area contributed by atoms with Crippen molar-refractivity contribution >= 4 is 22.0 Å². The molecule has 3 aromatic heterocycles. The van der Waals surface area contributed by atoms with E-state index >= 15 is 0 Å². The van der Waals surface area contributed by atoms with Crippen molar-refractivity contribution in [3.05, 3.63) is 41.0 Å². The third-order valence-electron chi connectivity index (χ3n) is 2.94. The number of anilines is 1. The topological polar surface area (TPSA) is 43.3 Å². The highest BCUT2D eigenvalue weighted by Gasteiger charge is 2.11. The number of thiophene rings is 1. The summed E-state index contributed by atoms with van der Waals surface area (Å²) in [6, 6.07) is 8.15. The molecule has 0 radical (unpaired) electrons. The third-order valence-corrected chi connectivity index (χ3v) is 3.82. The SMILES string of the molecule is Cc1sc(N)cc1-c1cnc2cccc(C)n12. The summed E-state index contributed by atoms with van der Waals surface area (Å²) < 4.78 is 2.16. The van der Waals surface area contributed by atoms with Gasteiger partial charge in [-0.1, -0.05) is 6.07 Å². The number of hydrogen-bond donors (Lipinski definition) is 1. The summed E-state index contributed by atoms with van der Waals surface area (Å²) in [5.74, 6) is 0. The van der Waals surface area contributed by atoms with E-state index in [2.05, 4.69) is 29.3 Å². The van der Waals surface area contributed by atoms with Crippen LogP contribution < -0.4 is 5.73 Å².